The van der Waals surface area contributed by atoms with Crippen LogP contribution in [0, 0.1) is 11.8 Å². The smallest absolute Gasteiger partial charge is 0.330 e. The van der Waals surface area contributed by atoms with Gasteiger partial charge in [-0.2, -0.15) is 0 Å². The Morgan fingerprint density at radius 2 is 1.74 bits per heavy atom. The highest BCUT2D eigenvalue weighted by molar-refractivity contribution is 5.98. The number of para-hydroxylation sites is 1. The zero-order valence-corrected chi connectivity index (χ0v) is 20.8. The van der Waals surface area contributed by atoms with E-state index in [1.165, 1.54) is 28.5 Å². The Bertz CT molecular complexity index is 1140. The number of rotatable bonds is 10. The highest BCUT2D eigenvalue weighted by Gasteiger charge is 2.27. The van der Waals surface area contributed by atoms with Gasteiger partial charge >= 0.3 is 5.69 Å². The normalized spacial score (nSPS) is 11.1. The average Bonchev–Trinajstić information content (AvgIpc) is 2.75. The number of carbonyl (C=O) groups is 2. The van der Waals surface area contributed by atoms with Gasteiger partial charge in [0.05, 0.1) is 20.1 Å². The summed E-state index contributed by atoms with van der Waals surface area (Å²) in [5, 5.41) is 0. The van der Waals surface area contributed by atoms with Gasteiger partial charge in [-0.3, -0.25) is 23.9 Å². The highest BCUT2D eigenvalue weighted by Crippen LogP contribution is 2.21. The number of hydrogen-bond acceptors (Lipinski definition) is 6. The molecule has 1 heterocycles. The second-order valence-electron chi connectivity index (χ2n) is 9.13. The van der Waals surface area contributed by atoms with Gasteiger partial charge in [-0.15, -0.1) is 0 Å². The topological polar surface area (TPSA) is 131 Å². The fraction of sp³-hybridized carbons (Fsp3) is 0.500. The van der Waals surface area contributed by atoms with E-state index in [0.29, 0.717) is 11.3 Å². The van der Waals surface area contributed by atoms with Crippen molar-refractivity contribution in [2.45, 2.75) is 40.7 Å². The van der Waals surface area contributed by atoms with Crippen LogP contribution in [0.3, 0.4) is 0 Å². The Kier molecular flexibility index (Phi) is 9.05. The Morgan fingerprint density at radius 3 is 2.32 bits per heavy atom. The van der Waals surface area contributed by atoms with Gasteiger partial charge in [-0.25, -0.2) is 4.79 Å². The molecule has 1 aromatic carbocycles. The number of nitrogens with zero attached hydrogens (tertiary/aromatic N) is 3. The molecule has 0 saturated carbocycles. The van der Waals surface area contributed by atoms with Gasteiger partial charge in [-0.1, -0.05) is 45.9 Å². The molecular formula is C24H35N5O5. The highest BCUT2D eigenvalue weighted by atomic mass is 16.5. The molecule has 10 nitrogen and oxygen atoms in total. The summed E-state index contributed by atoms with van der Waals surface area (Å²) < 4.78 is 6.56. The molecule has 0 bridgehead atoms. The first-order valence-corrected chi connectivity index (χ1v) is 11.2. The molecule has 1 aromatic heterocycles. The van der Waals surface area contributed by atoms with Crippen molar-refractivity contribution < 1.29 is 14.3 Å². The number of nitrogens with two attached hydrogens (primary N) is 1. The lowest BCUT2D eigenvalue weighted by molar-refractivity contribution is -0.133. The predicted octanol–water partition coefficient (Wildman–Crippen LogP) is 1.47. The van der Waals surface area contributed by atoms with Gasteiger partial charge in [0.1, 0.15) is 11.6 Å². The Balaban J connectivity index is 2.34. The van der Waals surface area contributed by atoms with E-state index in [1.54, 1.807) is 12.1 Å². The van der Waals surface area contributed by atoms with E-state index in [4.69, 9.17) is 10.5 Å². The molecule has 10 heteroatoms. The summed E-state index contributed by atoms with van der Waals surface area (Å²) in [6, 6.07) is 7.17. The Hall–Kier alpha value is -3.56. The number of hydrogen-bond donors (Lipinski definition) is 2. The van der Waals surface area contributed by atoms with E-state index in [9.17, 15) is 19.2 Å². The average molecular weight is 474 g/mol. The van der Waals surface area contributed by atoms with Crippen molar-refractivity contribution >= 4 is 23.3 Å². The minimum absolute atomic E-state index is 0.00261. The largest absolute Gasteiger partial charge is 0.496 e. The van der Waals surface area contributed by atoms with Crippen LogP contribution in [0.2, 0.25) is 0 Å². The molecular weight excluding hydrogens is 438 g/mol. The van der Waals surface area contributed by atoms with Gasteiger partial charge in [-0.05, 0) is 17.9 Å². The second kappa shape index (κ2) is 11.5. The molecule has 34 heavy (non-hydrogen) atoms. The van der Waals surface area contributed by atoms with Crippen molar-refractivity contribution in [3.8, 4) is 5.75 Å². The number of carbonyl (C=O) groups excluding carboxylic acids is 2. The number of amides is 2. The molecule has 0 aliphatic rings. The second-order valence-corrected chi connectivity index (χ2v) is 9.13. The van der Waals surface area contributed by atoms with Gasteiger partial charge in [0.25, 0.3) is 5.56 Å². The number of likely N-dealkylation sites (N-methyl/N-ethyl adjacent to an activating group) is 1. The van der Waals surface area contributed by atoms with Crippen molar-refractivity contribution in [1.82, 2.24) is 14.5 Å². The molecule has 2 aromatic rings. The first-order chi connectivity index (χ1) is 16.0. The third-order valence-corrected chi connectivity index (χ3v) is 5.21. The third kappa shape index (κ3) is 6.49. The minimum Gasteiger partial charge on any atom is -0.496 e. The number of H-pyrrole nitrogens is 1. The zero-order valence-electron chi connectivity index (χ0n) is 20.8. The lowest BCUT2D eigenvalue weighted by Gasteiger charge is -2.28. The molecule has 0 spiro atoms. The van der Waals surface area contributed by atoms with Crippen LogP contribution in [0.4, 0.5) is 11.5 Å². The molecule has 0 radical (unpaired) electrons. The molecule has 0 saturated heterocycles. The van der Waals surface area contributed by atoms with Crippen molar-refractivity contribution in [1.29, 1.82) is 0 Å². The fourth-order valence-corrected chi connectivity index (χ4v) is 3.59. The van der Waals surface area contributed by atoms with Crippen LogP contribution >= 0.6 is 0 Å². The van der Waals surface area contributed by atoms with Crippen LogP contribution in [0.1, 0.15) is 33.3 Å². The van der Waals surface area contributed by atoms with E-state index in [0.717, 1.165) is 0 Å². The molecule has 0 aliphatic carbocycles. The Labute approximate surface area is 199 Å². The van der Waals surface area contributed by atoms with Crippen LogP contribution in [0.5, 0.6) is 5.75 Å². The molecule has 3 N–H and O–H groups in total. The SMILES string of the molecule is COc1ccccc1CC(=O)N(C)CC(=O)N(CC(C)C)c1c(N)n(CC(C)C)c(=O)[nH]c1=O. The van der Waals surface area contributed by atoms with Crippen LogP contribution < -0.4 is 26.6 Å². The molecule has 186 valence electrons. The molecule has 0 fully saturated rings. The molecule has 0 atom stereocenters. The van der Waals surface area contributed by atoms with Gasteiger partial charge < -0.3 is 20.3 Å². The van der Waals surface area contributed by atoms with Crippen LogP contribution in [0.25, 0.3) is 0 Å². The number of nitrogen functional groups attached to an aromatic ring is 1. The predicted molar refractivity (Wildman–Crippen MR) is 132 cm³/mol. The maximum absolute atomic E-state index is 13.3. The van der Waals surface area contributed by atoms with Gasteiger partial charge in [0.15, 0.2) is 5.69 Å². The van der Waals surface area contributed by atoms with Crippen molar-refractivity contribution in [3.05, 3.63) is 50.7 Å². The number of ether oxygens (including phenoxy) is 1. The van der Waals surface area contributed by atoms with E-state index in [2.05, 4.69) is 4.98 Å². The number of aromatic nitrogens is 2. The Morgan fingerprint density at radius 1 is 1.09 bits per heavy atom. The molecule has 0 unspecified atom stereocenters. The van der Waals surface area contributed by atoms with Crippen molar-refractivity contribution in [2.75, 3.05) is 37.9 Å². The van der Waals surface area contributed by atoms with E-state index in [-0.39, 0.29) is 55.3 Å². The summed E-state index contributed by atoms with van der Waals surface area (Å²) in [4.78, 5) is 56.0. The van der Waals surface area contributed by atoms with E-state index < -0.39 is 17.2 Å². The summed E-state index contributed by atoms with van der Waals surface area (Å²) in [5.74, 6) is -0.150. The van der Waals surface area contributed by atoms with E-state index in [1.807, 2.05) is 39.8 Å². The van der Waals surface area contributed by atoms with Crippen LogP contribution in [0.15, 0.2) is 33.9 Å². The monoisotopic (exact) mass is 473 g/mol. The number of nitrogens with one attached hydrogen (secondary N) is 1. The van der Waals surface area contributed by atoms with Crippen molar-refractivity contribution in [3.63, 3.8) is 0 Å². The zero-order chi connectivity index (χ0) is 25.6. The first kappa shape index (κ1) is 26.7. The van der Waals surface area contributed by atoms with Gasteiger partial charge in [0, 0.05) is 25.7 Å². The fourth-order valence-electron chi connectivity index (χ4n) is 3.59. The quantitative estimate of drug-likeness (QED) is 0.537. The first-order valence-electron chi connectivity index (χ1n) is 11.2. The lowest BCUT2D eigenvalue weighted by atomic mass is 10.1. The standard InChI is InChI=1S/C24H35N5O5/c1-15(2)12-28(21-22(25)29(13-16(3)4)24(33)26-23(21)32)20(31)14-27(5)19(30)11-17-9-7-8-10-18(17)34-6/h7-10,15-16H,11-14,25H2,1-6H3,(H,26,32,33). The minimum atomic E-state index is -0.737. The summed E-state index contributed by atoms with van der Waals surface area (Å²) in [6.07, 6.45) is 0.0555. The molecule has 2 rings (SSSR count). The summed E-state index contributed by atoms with van der Waals surface area (Å²) in [5.41, 5.74) is 5.49. The number of methoxy groups -OCH3 is 1. The number of anilines is 2. The molecule has 2 amide bonds. The van der Waals surface area contributed by atoms with Crippen molar-refractivity contribution in [2.24, 2.45) is 11.8 Å². The summed E-state index contributed by atoms with van der Waals surface area (Å²) in [6.45, 7) is 7.83. The lowest BCUT2D eigenvalue weighted by Crippen LogP contribution is -2.47. The maximum Gasteiger partial charge on any atom is 0.330 e. The number of benzene rings is 1. The summed E-state index contributed by atoms with van der Waals surface area (Å²) in [7, 11) is 3.05. The third-order valence-electron chi connectivity index (χ3n) is 5.21. The number of aromatic amines is 1. The van der Waals surface area contributed by atoms with Crippen LogP contribution in [-0.2, 0) is 22.6 Å². The van der Waals surface area contributed by atoms with Gasteiger partial charge in [0.2, 0.25) is 11.8 Å². The van der Waals surface area contributed by atoms with Crippen LogP contribution in [-0.4, -0.2) is 53.5 Å². The van der Waals surface area contributed by atoms with E-state index >= 15 is 0 Å². The maximum atomic E-state index is 13.3. The summed E-state index contributed by atoms with van der Waals surface area (Å²) >= 11 is 0. The molecule has 0 aliphatic heterocycles.